The van der Waals surface area contributed by atoms with Crippen LogP contribution in [0.1, 0.15) is 20.3 Å². The molecule has 0 bridgehead atoms. The van der Waals surface area contributed by atoms with Gasteiger partial charge in [-0.1, -0.05) is 42.4 Å². The van der Waals surface area contributed by atoms with Gasteiger partial charge in [0.2, 0.25) is 11.1 Å². The van der Waals surface area contributed by atoms with Crippen LogP contribution in [0.2, 0.25) is 5.02 Å². The number of nitrogens with one attached hydrogen (secondary N) is 1. The summed E-state index contributed by atoms with van der Waals surface area (Å²) < 4.78 is 1.37. The van der Waals surface area contributed by atoms with Gasteiger partial charge in [-0.15, -0.1) is 10.2 Å². The topological polar surface area (TPSA) is 85.8 Å². The quantitative estimate of drug-likeness (QED) is 0.623. The highest BCUT2D eigenvalue weighted by Gasteiger charge is 2.19. The van der Waals surface area contributed by atoms with E-state index in [-0.39, 0.29) is 11.2 Å². The maximum Gasteiger partial charge on any atom is 0.233 e. The van der Waals surface area contributed by atoms with E-state index in [1.807, 2.05) is 26.0 Å². The zero-order chi connectivity index (χ0) is 16.1. The Morgan fingerprint density at radius 2 is 2.27 bits per heavy atom. The van der Waals surface area contributed by atoms with E-state index in [1.165, 1.54) is 16.4 Å². The first kappa shape index (κ1) is 16.6. The number of nitrogen functional groups attached to an aromatic ring is 1. The van der Waals surface area contributed by atoms with E-state index in [0.717, 1.165) is 12.0 Å². The first-order valence-electron chi connectivity index (χ1n) is 6.93. The van der Waals surface area contributed by atoms with Gasteiger partial charge in [-0.2, -0.15) is 0 Å². The molecule has 0 radical (unpaired) electrons. The van der Waals surface area contributed by atoms with Crippen LogP contribution < -0.4 is 11.2 Å². The van der Waals surface area contributed by atoms with Crippen molar-refractivity contribution in [1.82, 2.24) is 20.2 Å². The summed E-state index contributed by atoms with van der Waals surface area (Å²) in [5.41, 5.74) is 0.775. The van der Waals surface area contributed by atoms with Gasteiger partial charge in [-0.3, -0.25) is 4.79 Å². The van der Waals surface area contributed by atoms with Crippen LogP contribution in [0.3, 0.4) is 0 Å². The second-order valence-electron chi connectivity index (χ2n) is 4.74. The number of nitrogens with zero attached hydrogens (tertiary/aromatic N) is 3. The second kappa shape index (κ2) is 7.51. The maximum atomic E-state index is 11.9. The van der Waals surface area contributed by atoms with Crippen LogP contribution in [0, 0.1) is 0 Å². The summed E-state index contributed by atoms with van der Waals surface area (Å²) in [6.07, 6.45) is 0.898. The number of rotatable bonds is 6. The van der Waals surface area contributed by atoms with Gasteiger partial charge >= 0.3 is 0 Å². The summed E-state index contributed by atoms with van der Waals surface area (Å²) in [6.45, 7) is 4.47. The number of amides is 1. The van der Waals surface area contributed by atoms with Crippen LogP contribution in [-0.2, 0) is 4.79 Å². The Kier molecular flexibility index (Phi) is 5.68. The van der Waals surface area contributed by atoms with Crippen molar-refractivity contribution in [3.63, 3.8) is 0 Å². The number of carbonyl (C=O) groups excluding carboxylic acids is 1. The summed E-state index contributed by atoms with van der Waals surface area (Å²) in [4.78, 5) is 11.9. The standard InChI is InChI=1S/C14H18ClN5OS/c1-3-7-17-13(21)9(2)22-14-19-18-12(20(14)16)10-5-4-6-11(15)8-10/h4-6,8-9H,3,7,16H2,1-2H3,(H,17,21)/t9-/m0/s1. The molecule has 0 unspecified atom stereocenters. The summed E-state index contributed by atoms with van der Waals surface area (Å²) in [6, 6.07) is 7.21. The molecule has 0 aliphatic rings. The molecule has 3 N–H and O–H groups in total. The molecule has 0 saturated heterocycles. The maximum absolute atomic E-state index is 11.9. The lowest BCUT2D eigenvalue weighted by Crippen LogP contribution is -2.31. The average molecular weight is 340 g/mol. The zero-order valence-electron chi connectivity index (χ0n) is 12.4. The highest BCUT2D eigenvalue weighted by Crippen LogP contribution is 2.26. The number of nitrogens with two attached hydrogens (primary N) is 1. The van der Waals surface area contributed by atoms with Crippen molar-refractivity contribution in [2.75, 3.05) is 12.4 Å². The predicted molar refractivity (Wildman–Crippen MR) is 89.2 cm³/mol. The highest BCUT2D eigenvalue weighted by molar-refractivity contribution is 8.00. The number of carbonyl (C=O) groups is 1. The van der Waals surface area contributed by atoms with Gasteiger partial charge in [0.1, 0.15) is 0 Å². The molecule has 0 fully saturated rings. The molecule has 0 spiro atoms. The molecule has 1 aromatic heterocycles. The first-order valence-corrected chi connectivity index (χ1v) is 8.19. The Balaban J connectivity index is 2.13. The van der Waals surface area contributed by atoms with Crippen molar-refractivity contribution >= 4 is 29.3 Å². The number of hydrogen-bond acceptors (Lipinski definition) is 5. The summed E-state index contributed by atoms with van der Waals surface area (Å²) in [7, 11) is 0. The second-order valence-corrected chi connectivity index (χ2v) is 6.48. The minimum atomic E-state index is -0.301. The normalized spacial score (nSPS) is 12.1. The van der Waals surface area contributed by atoms with Crippen molar-refractivity contribution in [2.45, 2.75) is 30.7 Å². The van der Waals surface area contributed by atoms with Gasteiger partial charge in [0, 0.05) is 17.1 Å². The molecule has 8 heteroatoms. The molecule has 1 aromatic carbocycles. The molecule has 118 valence electrons. The molecule has 1 heterocycles. The Morgan fingerprint density at radius 1 is 1.50 bits per heavy atom. The Hall–Kier alpha value is -1.73. The smallest absolute Gasteiger partial charge is 0.233 e. The fraction of sp³-hybridized carbons (Fsp3) is 0.357. The molecule has 0 aliphatic carbocycles. The zero-order valence-corrected chi connectivity index (χ0v) is 14.0. The average Bonchev–Trinajstić information content (AvgIpc) is 2.86. The molecular weight excluding hydrogens is 322 g/mol. The Labute approximate surface area is 138 Å². The fourth-order valence-corrected chi connectivity index (χ4v) is 2.77. The third-order valence-corrected chi connectivity index (χ3v) is 4.24. The molecule has 2 aromatic rings. The number of benzene rings is 1. The van der Waals surface area contributed by atoms with Crippen molar-refractivity contribution in [1.29, 1.82) is 0 Å². The van der Waals surface area contributed by atoms with Crippen LogP contribution >= 0.6 is 23.4 Å². The number of hydrogen-bond donors (Lipinski definition) is 2. The first-order chi connectivity index (χ1) is 10.5. The van der Waals surface area contributed by atoms with Gasteiger partial charge in [0.05, 0.1) is 5.25 Å². The van der Waals surface area contributed by atoms with E-state index in [4.69, 9.17) is 17.4 Å². The van der Waals surface area contributed by atoms with Gasteiger partial charge in [-0.25, -0.2) is 4.68 Å². The number of halogens is 1. The molecule has 0 saturated carbocycles. The third-order valence-electron chi connectivity index (χ3n) is 2.95. The van der Waals surface area contributed by atoms with Gasteiger partial charge < -0.3 is 11.2 Å². The third kappa shape index (κ3) is 3.92. The SMILES string of the molecule is CCCNC(=O)[C@H](C)Sc1nnc(-c2cccc(Cl)c2)n1N. The molecule has 22 heavy (non-hydrogen) atoms. The summed E-state index contributed by atoms with van der Waals surface area (Å²) in [5, 5.41) is 11.8. The van der Waals surface area contributed by atoms with E-state index in [1.54, 1.807) is 12.1 Å². The van der Waals surface area contributed by atoms with E-state index < -0.39 is 0 Å². The minimum absolute atomic E-state index is 0.0424. The van der Waals surface area contributed by atoms with Crippen LogP contribution in [0.15, 0.2) is 29.4 Å². The number of thioether (sulfide) groups is 1. The van der Waals surface area contributed by atoms with E-state index >= 15 is 0 Å². The molecular formula is C14H18ClN5OS. The van der Waals surface area contributed by atoms with E-state index in [9.17, 15) is 4.79 Å². The van der Waals surface area contributed by atoms with Gasteiger partial charge in [0.25, 0.3) is 0 Å². The van der Waals surface area contributed by atoms with E-state index in [0.29, 0.717) is 22.5 Å². The molecule has 0 aliphatic heterocycles. The Morgan fingerprint density at radius 3 is 2.95 bits per heavy atom. The minimum Gasteiger partial charge on any atom is -0.355 e. The van der Waals surface area contributed by atoms with Crippen molar-refractivity contribution in [2.24, 2.45) is 0 Å². The van der Waals surface area contributed by atoms with Gasteiger partial charge in [-0.05, 0) is 25.5 Å². The summed E-state index contributed by atoms with van der Waals surface area (Å²) >= 11 is 7.24. The number of aromatic nitrogens is 3. The van der Waals surface area contributed by atoms with Crippen LogP contribution in [0.25, 0.3) is 11.4 Å². The van der Waals surface area contributed by atoms with Crippen molar-refractivity contribution in [3.05, 3.63) is 29.3 Å². The van der Waals surface area contributed by atoms with Crippen LogP contribution in [-0.4, -0.2) is 32.6 Å². The largest absolute Gasteiger partial charge is 0.355 e. The lowest BCUT2D eigenvalue weighted by molar-refractivity contribution is -0.120. The Bertz CT molecular complexity index is 660. The van der Waals surface area contributed by atoms with Gasteiger partial charge in [0.15, 0.2) is 5.82 Å². The molecule has 6 nitrogen and oxygen atoms in total. The lowest BCUT2D eigenvalue weighted by Gasteiger charge is -2.10. The van der Waals surface area contributed by atoms with E-state index in [2.05, 4.69) is 15.5 Å². The van der Waals surface area contributed by atoms with Crippen molar-refractivity contribution in [3.8, 4) is 11.4 Å². The predicted octanol–water partition coefficient (Wildman–Crippen LogP) is 2.32. The monoisotopic (exact) mass is 339 g/mol. The van der Waals surface area contributed by atoms with Crippen LogP contribution in [0.4, 0.5) is 0 Å². The molecule has 1 atom stereocenters. The molecule has 1 amide bonds. The van der Waals surface area contributed by atoms with Crippen LogP contribution in [0.5, 0.6) is 0 Å². The lowest BCUT2D eigenvalue weighted by atomic mass is 10.2. The van der Waals surface area contributed by atoms with Crippen molar-refractivity contribution < 1.29 is 4.79 Å². The molecule has 2 rings (SSSR count). The fourth-order valence-electron chi connectivity index (χ4n) is 1.79. The highest BCUT2D eigenvalue weighted by atomic mass is 35.5. The summed E-state index contributed by atoms with van der Waals surface area (Å²) in [5.74, 6) is 6.49.